The van der Waals surface area contributed by atoms with Gasteiger partial charge < -0.3 is 9.47 Å². The third-order valence-electron chi connectivity index (χ3n) is 10.5. The first-order valence-corrected chi connectivity index (χ1v) is 18.0. The van der Waals surface area contributed by atoms with Gasteiger partial charge in [0.05, 0.1) is 32.2 Å². The van der Waals surface area contributed by atoms with Crippen molar-refractivity contribution in [2.24, 2.45) is 0 Å². The van der Waals surface area contributed by atoms with E-state index in [1.807, 2.05) is 12.1 Å². The summed E-state index contributed by atoms with van der Waals surface area (Å²) < 4.78 is 30.2. The van der Waals surface area contributed by atoms with Crippen LogP contribution in [0.1, 0.15) is 51.3 Å². The summed E-state index contributed by atoms with van der Waals surface area (Å²) in [5.41, 5.74) is 11.3. The van der Waals surface area contributed by atoms with Crippen molar-refractivity contribution in [3.8, 4) is 16.8 Å². The monoisotopic (exact) mass is 644 g/mol. The van der Waals surface area contributed by atoms with Crippen LogP contribution in [0.2, 0.25) is 0 Å². The summed E-state index contributed by atoms with van der Waals surface area (Å²) in [5, 5.41) is 2.37. The van der Waals surface area contributed by atoms with E-state index in [1.54, 1.807) is 12.1 Å². The zero-order valence-corrected chi connectivity index (χ0v) is 28.6. The number of nitrogens with zero attached hydrogens (tertiary/aromatic N) is 2. The zero-order valence-electron chi connectivity index (χ0n) is 27.7. The SMILES string of the molecule is CC(C)(C)c1ccc2c(c1)c1ccccc1n2-c1ccc2c(c1)-c1cc(N3c4ccccc4C(C)(C)c4ccccc43)ccc1S2(=O)=O. The highest BCUT2D eigenvalue weighted by Gasteiger charge is 2.38. The summed E-state index contributed by atoms with van der Waals surface area (Å²) in [6.07, 6.45) is 0. The standard InChI is InChI=1S/C43H36N2O2S/c1-42(2,3)27-18-21-37-31(24-27)30-12-6-9-15-36(30)44(37)28-19-22-40-32(25-28)33-26-29(20-23-41(33)48(40,46)47)45-38-16-10-7-13-34(38)43(4,5)35-14-8-11-17-39(35)45/h6-26H,1-5H3. The van der Waals surface area contributed by atoms with E-state index in [2.05, 4.69) is 147 Å². The lowest BCUT2D eigenvalue weighted by atomic mass is 9.73. The van der Waals surface area contributed by atoms with Crippen LogP contribution >= 0.6 is 0 Å². The Hall–Kier alpha value is -5.13. The number of para-hydroxylation sites is 3. The van der Waals surface area contributed by atoms with Crippen LogP contribution in [0.4, 0.5) is 17.1 Å². The molecule has 0 unspecified atom stereocenters. The fourth-order valence-electron chi connectivity index (χ4n) is 7.99. The molecule has 0 fully saturated rings. The molecule has 0 amide bonds. The predicted molar refractivity (Wildman–Crippen MR) is 197 cm³/mol. The maximum absolute atomic E-state index is 14.0. The second-order valence-electron chi connectivity index (χ2n) is 14.7. The van der Waals surface area contributed by atoms with Gasteiger partial charge in [0, 0.05) is 38.7 Å². The largest absolute Gasteiger partial charge is 0.310 e. The number of aromatic nitrogens is 1. The maximum atomic E-state index is 14.0. The topological polar surface area (TPSA) is 42.3 Å². The van der Waals surface area contributed by atoms with E-state index >= 15 is 0 Å². The van der Waals surface area contributed by atoms with Crippen molar-refractivity contribution in [2.45, 2.75) is 55.2 Å². The smallest absolute Gasteiger partial charge is 0.207 e. The number of hydrogen-bond donors (Lipinski definition) is 0. The van der Waals surface area contributed by atoms with Gasteiger partial charge in [-0.25, -0.2) is 8.42 Å². The molecule has 9 rings (SSSR count). The molecule has 0 saturated carbocycles. The molecule has 2 aliphatic heterocycles. The number of hydrogen-bond acceptors (Lipinski definition) is 3. The predicted octanol–water partition coefficient (Wildman–Crippen LogP) is 11.0. The van der Waals surface area contributed by atoms with Crippen LogP contribution in [-0.4, -0.2) is 13.0 Å². The molecule has 3 heterocycles. The zero-order chi connectivity index (χ0) is 33.2. The molecule has 236 valence electrons. The molecule has 6 aromatic carbocycles. The van der Waals surface area contributed by atoms with Gasteiger partial charge in [-0.05, 0) is 88.8 Å². The van der Waals surface area contributed by atoms with Gasteiger partial charge >= 0.3 is 0 Å². The van der Waals surface area contributed by atoms with Crippen molar-refractivity contribution in [1.29, 1.82) is 0 Å². The first-order valence-electron chi connectivity index (χ1n) is 16.5. The molecular formula is C43H36N2O2S. The van der Waals surface area contributed by atoms with E-state index in [4.69, 9.17) is 0 Å². The lowest BCUT2D eigenvalue weighted by molar-refractivity contribution is 0.591. The quantitative estimate of drug-likeness (QED) is 0.188. The van der Waals surface area contributed by atoms with E-state index in [0.717, 1.165) is 44.9 Å². The Balaban J connectivity index is 1.26. The van der Waals surface area contributed by atoms with Gasteiger partial charge in [0.1, 0.15) is 0 Å². The lowest BCUT2D eigenvalue weighted by Gasteiger charge is -2.42. The molecule has 7 aromatic rings. The van der Waals surface area contributed by atoms with Gasteiger partial charge in [-0.3, -0.25) is 0 Å². The molecule has 48 heavy (non-hydrogen) atoms. The van der Waals surface area contributed by atoms with Crippen LogP contribution < -0.4 is 4.90 Å². The molecule has 5 heteroatoms. The van der Waals surface area contributed by atoms with Gasteiger partial charge in [-0.2, -0.15) is 0 Å². The number of sulfone groups is 1. The molecule has 1 aromatic heterocycles. The molecule has 0 saturated heterocycles. The van der Waals surface area contributed by atoms with Gasteiger partial charge in [0.2, 0.25) is 9.84 Å². The first-order chi connectivity index (χ1) is 23.0. The summed E-state index contributed by atoms with van der Waals surface area (Å²) in [5.74, 6) is 0. The van der Waals surface area contributed by atoms with Crippen molar-refractivity contribution in [1.82, 2.24) is 4.57 Å². The van der Waals surface area contributed by atoms with Crippen molar-refractivity contribution in [2.75, 3.05) is 4.90 Å². The van der Waals surface area contributed by atoms with Crippen LogP contribution in [0.25, 0.3) is 38.6 Å². The minimum Gasteiger partial charge on any atom is -0.310 e. The minimum absolute atomic E-state index is 0.0197. The molecule has 0 N–H and O–H groups in total. The minimum atomic E-state index is -3.67. The maximum Gasteiger partial charge on any atom is 0.207 e. The van der Waals surface area contributed by atoms with Crippen LogP contribution in [0, 0.1) is 0 Å². The summed E-state index contributed by atoms with van der Waals surface area (Å²) in [6, 6.07) is 43.9. The first kappa shape index (κ1) is 29.0. The normalized spacial score (nSPS) is 15.6. The van der Waals surface area contributed by atoms with Crippen molar-refractivity contribution < 1.29 is 8.42 Å². The Kier molecular flexibility index (Phi) is 5.87. The average Bonchev–Trinajstić information content (AvgIpc) is 3.52. The third-order valence-corrected chi connectivity index (χ3v) is 12.4. The van der Waals surface area contributed by atoms with E-state index < -0.39 is 9.84 Å². The van der Waals surface area contributed by atoms with Gasteiger partial charge in [0.15, 0.2) is 0 Å². The lowest BCUT2D eigenvalue weighted by Crippen LogP contribution is -2.30. The summed E-state index contributed by atoms with van der Waals surface area (Å²) in [6.45, 7) is 11.3. The molecule has 0 spiro atoms. The van der Waals surface area contributed by atoms with Crippen molar-refractivity contribution in [3.05, 3.63) is 144 Å². The Bertz CT molecular complexity index is 2550. The Morgan fingerprint density at radius 1 is 0.562 bits per heavy atom. The summed E-state index contributed by atoms with van der Waals surface area (Å²) >= 11 is 0. The Labute approximate surface area is 281 Å². The molecule has 0 bridgehead atoms. The van der Waals surface area contributed by atoms with Crippen LogP contribution in [0.5, 0.6) is 0 Å². The Morgan fingerprint density at radius 3 is 1.75 bits per heavy atom. The van der Waals surface area contributed by atoms with Crippen LogP contribution in [-0.2, 0) is 20.7 Å². The van der Waals surface area contributed by atoms with Crippen LogP contribution in [0.3, 0.4) is 0 Å². The third kappa shape index (κ3) is 3.91. The van der Waals surface area contributed by atoms with Gasteiger partial charge in [-0.1, -0.05) is 95.3 Å². The van der Waals surface area contributed by atoms with Crippen molar-refractivity contribution >= 4 is 48.7 Å². The number of rotatable bonds is 2. The van der Waals surface area contributed by atoms with E-state index in [1.165, 1.54) is 27.5 Å². The van der Waals surface area contributed by atoms with E-state index in [-0.39, 0.29) is 10.8 Å². The molecule has 0 aliphatic carbocycles. The highest BCUT2D eigenvalue weighted by atomic mass is 32.2. The second kappa shape index (κ2) is 9.71. The fraction of sp³-hybridized carbons (Fsp3) is 0.163. The average molecular weight is 645 g/mol. The number of fused-ring (bicyclic) bond motifs is 8. The number of benzene rings is 6. The van der Waals surface area contributed by atoms with Gasteiger partial charge in [-0.15, -0.1) is 0 Å². The van der Waals surface area contributed by atoms with E-state index in [9.17, 15) is 8.42 Å². The summed E-state index contributed by atoms with van der Waals surface area (Å²) in [4.78, 5) is 2.99. The molecule has 0 atom stereocenters. The van der Waals surface area contributed by atoms with E-state index in [0.29, 0.717) is 9.79 Å². The number of anilines is 3. The van der Waals surface area contributed by atoms with Crippen molar-refractivity contribution in [3.63, 3.8) is 0 Å². The fourth-order valence-corrected chi connectivity index (χ4v) is 9.64. The highest BCUT2D eigenvalue weighted by Crippen LogP contribution is 2.53. The second-order valence-corrected chi connectivity index (χ2v) is 16.6. The summed E-state index contributed by atoms with van der Waals surface area (Å²) in [7, 11) is -3.67. The van der Waals surface area contributed by atoms with Gasteiger partial charge in [0.25, 0.3) is 0 Å². The molecule has 4 nitrogen and oxygen atoms in total. The highest BCUT2D eigenvalue weighted by molar-refractivity contribution is 7.92. The molecular weight excluding hydrogens is 609 g/mol. The molecule has 0 radical (unpaired) electrons. The molecule has 2 aliphatic rings. The Morgan fingerprint density at radius 2 is 1.10 bits per heavy atom. The van der Waals surface area contributed by atoms with Crippen LogP contribution in [0.15, 0.2) is 137 Å².